The summed E-state index contributed by atoms with van der Waals surface area (Å²) in [6, 6.07) is 54.4. The predicted molar refractivity (Wildman–Crippen MR) is 195 cm³/mol. The molecule has 0 N–H and O–H groups in total. The number of benzene rings is 6. The lowest BCUT2D eigenvalue weighted by Crippen LogP contribution is -2.24. The van der Waals surface area contributed by atoms with Crippen molar-refractivity contribution in [3.8, 4) is 28.0 Å². The van der Waals surface area contributed by atoms with Crippen LogP contribution in [0.15, 0.2) is 169 Å². The Labute approximate surface area is 276 Å². The highest BCUT2D eigenvalue weighted by Gasteiger charge is 2.47. The van der Waals surface area contributed by atoms with E-state index >= 15 is 0 Å². The third kappa shape index (κ3) is 4.40. The normalized spacial score (nSPS) is 18.2. The molecule has 6 aromatic carbocycles. The number of ether oxygens (including phenoxy) is 1. The number of rotatable bonds is 5. The van der Waals surface area contributed by atoms with E-state index in [4.69, 9.17) is 4.74 Å². The molecule has 0 aromatic heterocycles. The molecule has 2 atom stereocenters. The maximum absolute atomic E-state index is 7.01. The van der Waals surface area contributed by atoms with E-state index in [9.17, 15) is 0 Å². The molecule has 3 aliphatic rings. The smallest absolute Gasteiger partial charge is 0.135 e. The molecule has 0 saturated heterocycles. The Kier molecular flexibility index (Phi) is 6.33. The van der Waals surface area contributed by atoms with Gasteiger partial charge in [-0.2, -0.15) is 0 Å². The summed E-state index contributed by atoms with van der Waals surface area (Å²) < 4.78 is 7.01. The van der Waals surface area contributed by atoms with E-state index in [-0.39, 0.29) is 17.4 Å². The van der Waals surface area contributed by atoms with E-state index in [0.717, 1.165) is 33.9 Å². The van der Waals surface area contributed by atoms with Crippen molar-refractivity contribution in [3.05, 3.63) is 186 Å². The van der Waals surface area contributed by atoms with Gasteiger partial charge in [-0.05, 0) is 69.8 Å². The second kappa shape index (κ2) is 10.7. The number of para-hydroxylation sites is 2. The summed E-state index contributed by atoms with van der Waals surface area (Å²) in [5.74, 6) is 1.21. The lowest BCUT2D eigenvalue weighted by atomic mass is 9.77. The molecule has 2 heteroatoms. The van der Waals surface area contributed by atoms with Crippen LogP contribution in [0.2, 0.25) is 0 Å². The summed E-state index contributed by atoms with van der Waals surface area (Å²) >= 11 is 0. The average Bonchev–Trinajstić information content (AvgIpc) is 3.62. The van der Waals surface area contributed by atoms with Crippen LogP contribution in [0.3, 0.4) is 0 Å². The Bertz CT molecular complexity index is 2190. The zero-order chi connectivity index (χ0) is 31.5. The van der Waals surface area contributed by atoms with Crippen LogP contribution < -0.4 is 9.64 Å². The highest BCUT2D eigenvalue weighted by molar-refractivity contribution is 5.89. The van der Waals surface area contributed by atoms with Crippen molar-refractivity contribution >= 4 is 22.6 Å². The number of hydrogen-bond acceptors (Lipinski definition) is 2. The first kappa shape index (κ1) is 27.7. The number of anilines is 3. The second-order valence-corrected chi connectivity index (χ2v) is 13.3. The van der Waals surface area contributed by atoms with E-state index in [1.54, 1.807) is 0 Å². The largest absolute Gasteiger partial charge is 0.484 e. The Hall–Kier alpha value is -5.60. The van der Waals surface area contributed by atoms with Crippen molar-refractivity contribution < 1.29 is 4.74 Å². The van der Waals surface area contributed by atoms with Gasteiger partial charge in [-0.25, -0.2) is 0 Å². The fourth-order valence-corrected chi connectivity index (χ4v) is 7.95. The molecule has 0 amide bonds. The van der Waals surface area contributed by atoms with Gasteiger partial charge in [0.05, 0.1) is 0 Å². The Balaban J connectivity index is 1.08. The Morgan fingerprint density at radius 3 is 2.00 bits per heavy atom. The van der Waals surface area contributed by atoms with Crippen molar-refractivity contribution in [3.63, 3.8) is 0 Å². The van der Waals surface area contributed by atoms with Crippen LogP contribution in [0.25, 0.3) is 27.8 Å². The van der Waals surface area contributed by atoms with Crippen LogP contribution in [0.4, 0.5) is 17.1 Å². The van der Waals surface area contributed by atoms with Gasteiger partial charge in [0.2, 0.25) is 0 Å². The standard InChI is InChI=1S/C45H35NO/c1-45(2)40-22-10-9-19-39(40)42-41(45)28-27-38-37-21-12-20-36(43(37)47-44(38)42)31-23-25-34(26-24-31)46(33-16-7-4-8-17-33)35-18-11-15-32(29-35)30-13-5-3-6-14-30/h3-29,38,44H,1-2H3/t38-,44?/m0/s1. The molecule has 2 nitrogen and oxygen atoms in total. The monoisotopic (exact) mass is 605 g/mol. The van der Waals surface area contributed by atoms with Crippen molar-refractivity contribution in [1.29, 1.82) is 0 Å². The first-order chi connectivity index (χ1) is 23.1. The molecule has 0 radical (unpaired) electrons. The summed E-state index contributed by atoms with van der Waals surface area (Å²) in [6.45, 7) is 4.68. The zero-order valence-electron chi connectivity index (χ0n) is 26.6. The van der Waals surface area contributed by atoms with Gasteiger partial charge >= 0.3 is 0 Å². The molecule has 0 spiro atoms. The van der Waals surface area contributed by atoms with E-state index in [1.165, 1.54) is 39.0 Å². The van der Waals surface area contributed by atoms with Gasteiger partial charge in [0, 0.05) is 45.1 Å². The number of hydrogen-bond donors (Lipinski definition) is 0. The van der Waals surface area contributed by atoms with Crippen molar-refractivity contribution in [1.82, 2.24) is 0 Å². The maximum Gasteiger partial charge on any atom is 0.135 e. The number of allylic oxidation sites excluding steroid dienone is 2. The summed E-state index contributed by atoms with van der Waals surface area (Å²) in [6.07, 6.45) is 4.72. The zero-order valence-corrected chi connectivity index (χ0v) is 26.6. The van der Waals surface area contributed by atoms with Crippen molar-refractivity contribution in [2.45, 2.75) is 31.3 Å². The summed E-state index contributed by atoms with van der Waals surface area (Å²) in [5, 5.41) is 0. The Morgan fingerprint density at radius 2 is 1.19 bits per heavy atom. The second-order valence-electron chi connectivity index (χ2n) is 13.3. The molecule has 0 fully saturated rings. The minimum Gasteiger partial charge on any atom is -0.484 e. The van der Waals surface area contributed by atoms with E-state index in [2.05, 4.69) is 183 Å². The number of nitrogens with zero attached hydrogens (tertiary/aromatic N) is 1. The minimum atomic E-state index is -0.0323. The van der Waals surface area contributed by atoms with Gasteiger partial charge in [0.1, 0.15) is 11.9 Å². The summed E-state index contributed by atoms with van der Waals surface area (Å²) in [7, 11) is 0. The van der Waals surface area contributed by atoms with Crippen LogP contribution in [-0.4, -0.2) is 6.10 Å². The lowest BCUT2D eigenvalue weighted by molar-refractivity contribution is 0.278. The molecule has 2 aliphatic carbocycles. The van der Waals surface area contributed by atoms with Gasteiger partial charge in [-0.15, -0.1) is 0 Å². The topological polar surface area (TPSA) is 12.5 Å². The fraction of sp³-hybridized carbons (Fsp3) is 0.111. The van der Waals surface area contributed by atoms with Gasteiger partial charge < -0.3 is 9.64 Å². The van der Waals surface area contributed by atoms with Crippen LogP contribution in [-0.2, 0) is 5.41 Å². The molecule has 47 heavy (non-hydrogen) atoms. The van der Waals surface area contributed by atoms with Gasteiger partial charge in [-0.3, -0.25) is 0 Å². The van der Waals surface area contributed by atoms with Gasteiger partial charge in [0.15, 0.2) is 0 Å². The van der Waals surface area contributed by atoms with E-state index in [0.29, 0.717) is 0 Å². The molecule has 1 heterocycles. The Morgan fingerprint density at radius 1 is 0.553 bits per heavy atom. The van der Waals surface area contributed by atoms with Crippen LogP contribution >= 0.6 is 0 Å². The van der Waals surface area contributed by atoms with Crippen LogP contribution in [0.1, 0.15) is 36.5 Å². The highest BCUT2D eigenvalue weighted by atomic mass is 16.5. The third-order valence-corrected chi connectivity index (χ3v) is 10.2. The SMILES string of the molecule is CC1(C)C2=C(c3ccccc31)C1Oc3c(-c4ccc(N(c5ccccc5)c5cccc(-c6ccccc6)c5)cc4)cccc3[C@@H]1C=C2. The maximum atomic E-state index is 7.01. The average molecular weight is 606 g/mol. The molecule has 9 rings (SSSR count). The summed E-state index contributed by atoms with van der Waals surface area (Å²) in [4.78, 5) is 2.33. The van der Waals surface area contributed by atoms with E-state index in [1.807, 2.05) is 0 Å². The van der Waals surface area contributed by atoms with Crippen LogP contribution in [0, 0.1) is 0 Å². The first-order valence-corrected chi connectivity index (χ1v) is 16.5. The van der Waals surface area contributed by atoms with Gasteiger partial charge in [0.25, 0.3) is 0 Å². The molecule has 1 aliphatic heterocycles. The molecule has 0 bridgehead atoms. The molecular weight excluding hydrogens is 571 g/mol. The predicted octanol–water partition coefficient (Wildman–Crippen LogP) is 11.6. The lowest BCUT2D eigenvalue weighted by Gasteiger charge is -2.27. The minimum absolute atomic E-state index is 0.0150. The summed E-state index contributed by atoms with van der Waals surface area (Å²) in [5.41, 5.74) is 14.7. The third-order valence-electron chi connectivity index (χ3n) is 10.2. The highest BCUT2D eigenvalue weighted by Crippen LogP contribution is 2.57. The molecular formula is C45H35NO. The van der Waals surface area contributed by atoms with Crippen molar-refractivity contribution in [2.24, 2.45) is 0 Å². The quantitative estimate of drug-likeness (QED) is 0.194. The molecule has 6 aromatic rings. The number of fused-ring (bicyclic) bond motifs is 6. The van der Waals surface area contributed by atoms with Gasteiger partial charge in [-0.1, -0.05) is 141 Å². The molecule has 0 saturated carbocycles. The van der Waals surface area contributed by atoms with E-state index < -0.39 is 0 Å². The molecule has 226 valence electrons. The van der Waals surface area contributed by atoms with Crippen LogP contribution in [0.5, 0.6) is 5.75 Å². The molecule has 1 unspecified atom stereocenters. The first-order valence-electron chi connectivity index (χ1n) is 16.5. The fourth-order valence-electron chi connectivity index (χ4n) is 7.95. The van der Waals surface area contributed by atoms with Crippen molar-refractivity contribution in [2.75, 3.05) is 4.90 Å².